The van der Waals surface area contributed by atoms with Crippen LogP contribution >= 0.6 is 22.7 Å². The van der Waals surface area contributed by atoms with Gasteiger partial charge in [-0.25, -0.2) is 18.1 Å². The lowest BCUT2D eigenvalue weighted by Crippen LogP contribution is -2.41. The summed E-state index contributed by atoms with van der Waals surface area (Å²) in [4.78, 5) is 21.3. The molecular weight excluding hydrogens is 622 g/mol. The van der Waals surface area contributed by atoms with Crippen molar-refractivity contribution in [2.24, 2.45) is 0 Å². The van der Waals surface area contributed by atoms with Gasteiger partial charge in [-0.3, -0.25) is 0 Å². The Morgan fingerprint density at radius 1 is 1.02 bits per heavy atom. The number of aromatic nitrogens is 4. The number of anilines is 3. The lowest BCUT2D eigenvalue weighted by atomic mass is 10.2. The molecule has 1 atom stereocenters. The SMILES string of the molecule is CCCCNc1nc(NCc2csc(-c3cccs3)n2)nc(N2CCC[C@@H]2CNS(=O)(=O)c2ccc(C(F)(F)F)cc2)n1. The Bertz CT molecular complexity index is 1600. The highest BCUT2D eigenvalue weighted by Crippen LogP contribution is 2.30. The third-order valence-electron chi connectivity index (χ3n) is 6.78. The van der Waals surface area contributed by atoms with Crippen LogP contribution in [0.5, 0.6) is 0 Å². The molecule has 0 unspecified atom stereocenters. The van der Waals surface area contributed by atoms with E-state index in [4.69, 9.17) is 4.98 Å². The Kier molecular flexibility index (Phi) is 9.78. The molecule has 230 valence electrons. The number of benzene rings is 1. The number of thiophene rings is 1. The fourth-order valence-electron chi connectivity index (χ4n) is 4.52. The molecule has 1 aromatic carbocycles. The molecule has 4 heterocycles. The van der Waals surface area contributed by atoms with Gasteiger partial charge in [0.2, 0.25) is 27.9 Å². The number of alkyl halides is 3. The second kappa shape index (κ2) is 13.5. The van der Waals surface area contributed by atoms with Crippen molar-refractivity contribution < 1.29 is 21.6 Å². The number of halogens is 3. The summed E-state index contributed by atoms with van der Waals surface area (Å²) < 4.78 is 67.0. The highest BCUT2D eigenvalue weighted by molar-refractivity contribution is 7.89. The maximum Gasteiger partial charge on any atom is 0.416 e. The third kappa shape index (κ3) is 7.99. The van der Waals surface area contributed by atoms with Crippen molar-refractivity contribution >= 4 is 50.5 Å². The number of thiazole rings is 1. The Balaban J connectivity index is 1.29. The van der Waals surface area contributed by atoms with Gasteiger partial charge in [0, 0.05) is 31.1 Å². The number of hydrogen-bond donors (Lipinski definition) is 3. The van der Waals surface area contributed by atoms with Crippen LogP contribution in [-0.4, -0.2) is 54.0 Å². The first-order valence-electron chi connectivity index (χ1n) is 13.8. The van der Waals surface area contributed by atoms with E-state index in [1.807, 2.05) is 27.8 Å². The molecule has 5 rings (SSSR count). The fourth-order valence-corrected chi connectivity index (χ4v) is 7.23. The van der Waals surface area contributed by atoms with E-state index in [1.54, 1.807) is 22.7 Å². The summed E-state index contributed by atoms with van der Waals surface area (Å²) in [6, 6.07) is 7.21. The van der Waals surface area contributed by atoms with E-state index < -0.39 is 21.8 Å². The number of nitrogens with zero attached hydrogens (tertiary/aromatic N) is 5. The zero-order valence-corrected chi connectivity index (χ0v) is 25.7. The lowest BCUT2D eigenvalue weighted by molar-refractivity contribution is -0.137. The van der Waals surface area contributed by atoms with Gasteiger partial charge >= 0.3 is 6.18 Å². The molecule has 3 aromatic heterocycles. The molecule has 3 N–H and O–H groups in total. The van der Waals surface area contributed by atoms with E-state index in [2.05, 4.69) is 37.2 Å². The Morgan fingerprint density at radius 2 is 1.79 bits per heavy atom. The summed E-state index contributed by atoms with van der Waals surface area (Å²) in [5, 5.41) is 11.4. The standard InChI is InChI=1S/C27H31F3N8O2S3/c1-2-3-12-31-24-35-25(32-15-19-17-42-23(34-19)22-7-5-14-41-22)37-26(36-24)38-13-4-6-20(38)16-33-43(39,40)21-10-8-18(9-11-21)27(28,29)30/h5,7-11,14,17,20,33H,2-4,6,12-13,15-16H2,1H3,(H2,31,32,35,36,37)/t20-/m1/s1. The number of sulfonamides is 1. The van der Waals surface area contributed by atoms with Crippen molar-refractivity contribution in [2.75, 3.05) is 35.2 Å². The van der Waals surface area contributed by atoms with Crippen LogP contribution in [0.4, 0.5) is 31.0 Å². The van der Waals surface area contributed by atoms with Crippen LogP contribution in [0.25, 0.3) is 9.88 Å². The lowest BCUT2D eigenvalue weighted by Gasteiger charge is -2.25. The first-order valence-corrected chi connectivity index (χ1v) is 17.0. The summed E-state index contributed by atoms with van der Waals surface area (Å²) in [5.41, 5.74) is -0.0543. The maximum atomic E-state index is 12.9. The minimum atomic E-state index is -4.55. The second-order valence-corrected chi connectivity index (χ2v) is 13.5. The molecule has 0 radical (unpaired) electrons. The van der Waals surface area contributed by atoms with Crippen molar-refractivity contribution in [1.29, 1.82) is 0 Å². The molecule has 0 amide bonds. The van der Waals surface area contributed by atoms with Crippen molar-refractivity contribution in [3.63, 3.8) is 0 Å². The van der Waals surface area contributed by atoms with E-state index in [-0.39, 0.29) is 17.5 Å². The molecule has 16 heteroatoms. The minimum absolute atomic E-state index is 0.0424. The van der Waals surface area contributed by atoms with Crippen LogP contribution < -0.4 is 20.3 Å². The van der Waals surface area contributed by atoms with Gasteiger partial charge in [-0.05, 0) is 55.0 Å². The van der Waals surface area contributed by atoms with Gasteiger partial charge in [-0.15, -0.1) is 22.7 Å². The van der Waals surface area contributed by atoms with Gasteiger partial charge in [0.1, 0.15) is 5.01 Å². The van der Waals surface area contributed by atoms with E-state index >= 15 is 0 Å². The second-order valence-electron chi connectivity index (χ2n) is 9.90. The van der Waals surface area contributed by atoms with Crippen LogP contribution in [0.3, 0.4) is 0 Å². The molecule has 43 heavy (non-hydrogen) atoms. The molecule has 1 saturated heterocycles. The molecule has 0 bridgehead atoms. The van der Waals surface area contributed by atoms with Crippen molar-refractivity contribution in [3.8, 4) is 9.88 Å². The normalized spacial score (nSPS) is 15.6. The molecule has 0 aliphatic carbocycles. The Hall–Kier alpha value is -3.34. The largest absolute Gasteiger partial charge is 0.416 e. The summed E-state index contributed by atoms with van der Waals surface area (Å²) in [6.45, 7) is 3.84. The summed E-state index contributed by atoms with van der Waals surface area (Å²) in [6.07, 6.45) is -1.13. The van der Waals surface area contributed by atoms with Gasteiger partial charge < -0.3 is 15.5 Å². The topological polar surface area (TPSA) is 125 Å². The van der Waals surface area contributed by atoms with Gasteiger partial charge in [-0.1, -0.05) is 19.4 Å². The minimum Gasteiger partial charge on any atom is -0.354 e. The quantitative estimate of drug-likeness (QED) is 0.153. The van der Waals surface area contributed by atoms with E-state index in [0.717, 1.165) is 59.1 Å². The Labute approximate surface area is 255 Å². The van der Waals surface area contributed by atoms with E-state index in [1.165, 1.54) is 0 Å². The first-order chi connectivity index (χ1) is 20.6. The molecule has 4 aromatic rings. The molecule has 10 nitrogen and oxygen atoms in total. The highest BCUT2D eigenvalue weighted by atomic mass is 32.2. The van der Waals surface area contributed by atoms with Crippen molar-refractivity contribution in [3.05, 3.63) is 58.4 Å². The average molecular weight is 653 g/mol. The number of nitrogens with one attached hydrogen (secondary N) is 3. The monoisotopic (exact) mass is 652 g/mol. The van der Waals surface area contributed by atoms with Gasteiger partial charge in [-0.2, -0.15) is 28.1 Å². The highest BCUT2D eigenvalue weighted by Gasteiger charge is 2.32. The maximum absolute atomic E-state index is 12.9. The van der Waals surface area contributed by atoms with Crippen molar-refractivity contribution in [2.45, 2.75) is 56.3 Å². The summed E-state index contributed by atoms with van der Waals surface area (Å²) >= 11 is 3.20. The molecule has 1 fully saturated rings. The zero-order chi connectivity index (χ0) is 30.5. The molecule has 1 aliphatic rings. The van der Waals surface area contributed by atoms with Crippen LogP contribution in [0.2, 0.25) is 0 Å². The molecule has 0 spiro atoms. The molecular formula is C27H31F3N8O2S3. The van der Waals surface area contributed by atoms with Gasteiger partial charge in [0.05, 0.1) is 27.6 Å². The first kappa shape index (κ1) is 31.1. The van der Waals surface area contributed by atoms with E-state index in [0.29, 0.717) is 43.9 Å². The van der Waals surface area contributed by atoms with Crippen LogP contribution in [0.1, 0.15) is 43.9 Å². The van der Waals surface area contributed by atoms with Crippen molar-refractivity contribution in [1.82, 2.24) is 24.7 Å². The molecule has 1 aliphatic heterocycles. The average Bonchev–Trinajstić information content (AvgIpc) is 3.77. The van der Waals surface area contributed by atoms with Crippen LogP contribution in [0, 0.1) is 0 Å². The number of unbranched alkanes of at least 4 members (excludes halogenated alkanes) is 1. The third-order valence-corrected chi connectivity index (χ3v) is 10.2. The van der Waals surface area contributed by atoms with E-state index in [9.17, 15) is 21.6 Å². The summed E-state index contributed by atoms with van der Waals surface area (Å²) in [5.74, 6) is 1.19. The smallest absolute Gasteiger partial charge is 0.354 e. The Morgan fingerprint density at radius 3 is 2.49 bits per heavy atom. The fraction of sp³-hybridized carbons (Fsp3) is 0.407. The predicted molar refractivity (Wildman–Crippen MR) is 163 cm³/mol. The predicted octanol–water partition coefficient (Wildman–Crippen LogP) is 5.85. The number of rotatable bonds is 13. The zero-order valence-electron chi connectivity index (χ0n) is 23.3. The summed E-state index contributed by atoms with van der Waals surface area (Å²) in [7, 11) is -4.03. The number of hydrogen-bond acceptors (Lipinski definition) is 11. The molecule has 0 saturated carbocycles. The van der Waals surface area contributed by atoms with Crippen LogP contribution in [-0.2, 0) is 22.7 Å². The van der Waals surface area contributed by atoms with Gasteiger partial charge in [0.15, 0.2) is 0 Å². The van der Waals surface area contributed by atoms with Gasteiger partial charge in [0.25, 0.3) is 0 Å². The van der Waals surface area contributed by atoms with Crippen LogP contribution in [0.15, 0.2) is 52.1 Å².